The molecule has 17 heavy (non-hydrogen) atoms. The van der Waals surface area contributed by atoms with Gasteiger partial charge in [-0.15, -0.1) is 0 Å². The maximum absolute atomic E-state index is 6.00. The van der Waals surface area contributed by atoms with E-state index in [1.165, 1.54) is 0 Å². The topological polar surface area (TPSA) is 44.5 Å². The van der Waals surface area contributed by atoms with Crippen molar-refractivity contribution in [3.63, 3.8) is 0 Å². The molecule has 0 spiro atoms. The first-order chi connectivity index (χ1) is 7.87. The Kier molecular flexibility index (Phi) is 4.40. The number of methoxy groups -OCH3 is 2. The summed E-state index contributed by atoms with van der Waals surface area (Å²) in [5.74, 6) is 1.81. The minimum absolute atomic E-state index is 0.164. The molecule has 3 nitrogen and oxygen atoms in total. The second kappa shape index (κ2) is 5.41. The highest BCUT2D eigenvalue weighted by Crippen LogP contribution is 2.29. The third-order valence-corrected chi connectivity index (χ3v) is 2.84. The lowest BCUT2D eigenvalue weighted by Crippen LogP contribution is -2.32. The average molecular weight is 237 g/mol. The van der Waals surface area contributed by atoms with Crippen LogP contribution >= 0.6 is 0 Å². The Labute approximate surface area is 104 Å². The zero-order valence-electron chi connectivity index (χ0n) is 11.5. The van der Waals surface area contributed by atoms with E-state index in [1.807, 2.05) is 32.9 Å². The normalized spacial score (nSPS) is 11.4. The molecule has 0 unspecified atom stereocenters. The van der Waals surface area contributed by atoms with Crippen LogP contribution in [0.3, 0.4) is 0 Å². The van der Waals surface area contributed by atoms with Gasteiger partial charge in [0, 0.05) is 5.54 Å². The van der Waals surface area contributed by atoms with Crippen LogP contribution in [-0.2, 0) is 6.42 Å². The molecule has 1 aromatic carbocycles. The largest absolute Gasteiger partial charge is 0.496 e. The van der Waals surface area contributed by atoms with Crippen LogP contribution in [0.4, 0.5) is 0 Å². The maximum atomic E-state index is 6.00. The van der Waals surface area contributed by atoms with Crippen LogP contribution in [0.15, 0.2) is 12.1 Å². The lowest BCUT2D eigenvalue weighted by atomic mass is 9.95. The van der Waals surface area contributed by atoms with Crippen molar-refractivity contribution >= 4 is 0 Å². The highest BCUT2D eigenvalue weighted by Gasteiger charge is 2.14. The Morgan fingerprint density at radius 1 is 1.12 bits per heavy atom. The first kappa shape index (κ1) is 13.8. The second-order valence-corrected chi connectivity index (χ2v) is 5.12. The van der Waals surface area contributed by atoms with E-state index in [0.717, 1.165) is 35.5 Å². The molecule has 0 heterocycles. The monoisotopic (exact) mass is 237 g/mol. The van der Waals surface area contributed by atoms with Gasteiger partial charge in [0.1, 0.15) is 11.5 Å². The SMILES string of the molecule is COc1cc(CCC(C)(C)N)c(OC)cc1C. The van der Waals surface area contributed by atoms with Crippen molar-refractivity contribution in [1.29, 1.82) is 0 Å². The smallest absolute Gasteiger partial charge is 0.122 e. The van der Waals surface area contributed by atoms with Gasteiger partial charge in [0.25, 0.3) is 0 Å². The number of ether oxygens (including phenoxy) is 2. The molecule has 1 rings (SSSR count). The quantitative estimate of drug-likeness (QED) is 0.856. The fourth-order valence-corrected chi connectivity index (χ4v) is 1.77. The Balaban J connectivity index is 2.96. The van der Waals surface area contributed by atoms with E-state index >= 15 is 0 Å². The molecule has 0 atom stereocenters. The second-order valence-electron chi connectivity index (χ2n) is 5.12. The fraction of sp³-hybridized carbons (Fsp3) is 0.571. The van der Waals surface area contributed by atoms with Crippen LogP contribution in [0.1, 0.15) is 31.4 Å². The van der Waals surface area contributed by atoms with Crippen molar-refractivity contribution in [1.82, 2.24) is 0 Å². The van der Waals surface area contributed by atoms with Crippen LogP contribution in [0.5, 0.6) is 11.5 Å². The Bertz CT molecular complexity index is 381. The summed E-state index contributed by atoms with van der Waals surface area (Å²) in [7, 11) is 3.38. The zero-order valence-corrected chi connectivity index (χ0v) is 11.5. The van der Waals surface area contributed by atoms with Gasteiger partial charge in [0.05, 0.1) is 14.2 Å². The molecule has 0 aliphatic heterocycles. The predicted molar refractivity (Wildman–Crippen MR) is 70.9 cm³/mol. The molecular formula is C14H23NO2. The molecule has 0 aliphatic carbocycles. The first-order valence-corrected chi connectivity index (χ1v) is 5.88. The van der Waals surface area contributed by atoms with Gasteiger partial charge < -0.3 is 15.2 Å². The summed E-state index contributed by atoms with van der Waals surface area (Å²) in [5, 5.41) is 0. The van der Waals surface area contributed by atoms with E-state index in [1.54, 1.807) is 14.2 Å². The summed E-state index contributed by atoms with van der Waals surface area (Å²) in [6.45, 7) is 6.08. The van der Waals surface area contributed by atoms with E-state index in [9.17, 15) is 0 Å². The molecule has 0 bridgehead atoms. The number of hydrogen-bond donors (Lipinski definition) is 1. The summed E-state index contributed by atoms with van der Waals surface area (Å²) in [5.41, 5.74) is 8.07. The summed E-state index contributed by atoms with van der Waals surface area (Å²) < 4.78 is 10.7. The summed E-state index contributed by atoms with van der Waals surface area (Å²) in [6.07, 6.45) is 1.80. The van der Waals surface area contributed by atoms with Gasteiger partial charge in [0.15, 0.2) is 0 Å². The van der Waals surface area contributed by atoms with Crippen LogP contribution in [0.2, 0.25) is 0 Å². The van der Waals surface area contributed by atoms with Gasteiger partial charge in [-0.2, -0.15) is 0 Å². The van der Waals surface area contributed by atoms with Gasteiger partial charge >= 0.3 is 0 Å². The highest BCUT2D eigenvalue weighted by atomic mass is 16.5. The minimum atomic E-state index is -0.164. The Hall–Kier alpha value is -1.22. The first-order valence-electron chi connectivity index (χ1n) is 5.88. The number of hydrogen-bond acceptors (Lipinski definition) is 3. The van der Waals surface area contributed by atoms with Gasteiger partial charge in [-0.25, -0.2) is 0 Å². The van der Waals surface area contributed by atoms with E-state index in [4.69, 9.17) is 15.2 Å². The molecule has 2 N–H and O–H groups in total. The molecule has 0 saturated heterocycles. The molecule has 0 amide bonds. The van der Waals surface area contributed by atoms with Gasteiger partial charge in [-0.3, -0.25) is 0 Å². The maximum Gasteiger partial charge on any atom is 0.122 e. The molecule has 0 fully saturated rings. The van der Waals surface area contributed by atoms with Crippen molar-refractivity contribution in [3.05, 3.63) is 23.3 Å². The number of aryl methyl sites for hydroxylation is 2. The number of rotatable bonds is 5. The number of nitrogens with two attached hydrogens (primary N) is 1. The van der Waals surface area contributed by atoms with Crippen molar-refractivity contribution in [2.45, 2.75) is 39.2 Å². The molecule has 0 saturated carbocycles. The van der Waals surface area contributed by atoms with Crippen molar-refractivity contribution in [2.75, 3.05) is 14.2 Å². The van der Waals surface area contributed by atoms with Gasteiger partial charge in [-0.05, 0) is 56.9 Å². The van der Waals surface area contributed by atoms with E-state index < -0.39 is 0 Å². The molecule has 96 valence electrons. The predicted octanol–water partition coefficient (Wildman–Crippen LogP) is 2.68. The van der Waals surface area contributed by atoms with Gasteiger partial charge in [0.2, 0.25) is 0 Å². The third-order valence-electron chi connectivity index (χ3n) is 2.84. The van der Waals surface area contributed by atoms with E-state index in [0.29, 0.717) is 0 Å². The van der Waals surface area contributed by atoms with E-state index in [2.05, 4.69) is 0 Å². The average Bonchev–Trinajstić information content (AvgIpc) is 2.25. The van der Waals surface area contributed by atoms with E-state index in [-0.39, 0.29) is 5.54 Å². The molecule has 0 radical (unpaired) electrons. The van der Waals surface area contributed by atoms with Crippen molar-refractivity contribution < 1.29 is 9.47 Å². The molecule has 0 aliphatic rings. The zero-order chi connectivity index (χ0) is 13.1. The number of benzene rings is 1. The molecule has 3 heteroatoms. The van der Waals surface area contributed by atoms with Crippen LogP contribution in [0.25, 0.3) is 0 Å². The van der Waals surface area contributed by atoms with Crippen molar-refractivity contribution in [2.24, 2.45) is 5.73 Å². The lowest BCUT2D eigenvalue weighted by Gasteiger charge is -2.19. The minimum Gasteiger partial charge on any atom is -0.496 e. The summed E-state index contributed by atoms with van der Waals surface area (Å²) in [4.78, 5) is 0. The fourth-order valence-electron chi connectivity index (χ4n) is 1.77. The van der Waals surface area contributed by atoms with Gasteiger partial charge in [-0.1, -0.05) is 0 Å². The molecule has 1 aromatic rings. The third kappa shape index (κ3) is 3.93. The highest BCUT2D eigenvalue weighted by molar-refractivity contribution is 5.46. The van der Waals surface area contributed by atoms with Crippen LogP contribution < -0.4 is 15.2 Å². The van der Waals surface area contributed by atoms with Crippen LogP contribution in [0, 0.1) is 6.92 Å². The summed E-state index contributed by atoms with van der Waals surface area (Å²) >= 11 is 0. The van der Waals surface area contributed by atoms with Crippen LogP contribution in [-0.4, -0.2) is 19.8 Å². The lowest BCUT2D eigenvalue weighted by molar-refractivity contribution is 0.392. The Morgan fingerprint density at radius 2 is 1.71 bits per heavy atom. The van der Waals surface area contributed by atoms with Crippen molar-refractivity contribution in [3.8, 4) is 11.5 Å². The standard InChI is InChI=1S/C14H23NO2/c1-10-8-13(17-5)11(9-12(10)16-4)6-7-14(2,3)15/h8-9H,6-7,15H2,1-5H3. The summed E-state index contributed by atoms with van der Waals surface area (Å²) in [6, 6.07) is 4.05. The Morgan fingerprint density at radius 3 is 2.18 bits per heavy atom. The molecular weight excluding hydrogens is 214 g/mol. The molecule has 0 aromatic heterocycles.